The van der Waals surface area contributed by atoms with E-state index in [0.717, 1.165) is 6.07 Å². The highest BCUT2D eigenvalue weighted by molar-refractivity contribution is 5.87. The van der Waals surface area contributed by atoms with Crippen LogP contribution >= 0.6 is 0 Å². The van der Waals surface area contributed by atoms with E-state index in [9.17, 15) is 15.0 Å². The van der Waals surface area contributed by atoms with E-state index in [0.29, 0.717) is 0 Å². The minimum atomic E-state index is -1.40. The molecule has 1 aromatic heterocycles. The third-order valence-electron chi connectivity index (χ3n) is 2.03. The molecule has 1 rings (SSSR count). The van der Waals surface area contributed by atoms with E-state index in [1.165, 1.54) is 12.3 Å². The van der Waals surface area contributed by atoms with Gasteiger partial charge in [0, 0.05) is 11.1 Å². The maximum absolute atomic E-state index is 10.7. The first-order valence-electron chi connectivity index (χ1n) is 4.62. The normalized spacial score (nSPS) is 13.5. The number of aromatic carboxylic acids is 1. The van der Waals surface area contributed by atoms with Gasteiger partial charge >= 0.3 is 5.97 Å². The first-order valence-corrected chi connectivity index (χ1v) is 4.62. The Labute approximate surface area is 95.8 Å². The topological polar surface area (TPSA) is 139 Å². The molecule has 2 unspecified atom stereocenters. The second-order valence-corrected chi connectivity index (χ2v) is 3.20. The van der Waals surface area contributed by atoms with Crippen LogP contribution in [0.4, 0.5) is 0 Å². The first kappa shape index (κ1) is 12.9. The number of nitrogens with zero attached hydrogens (tertiary/aromatic N) is 4. The average Bonchev–Trinajstić information content (AvgIpc) is 2.35. The van der Waals surface area contributed by atoms with Gasteiger partial charge in [-0.05, 0) is 17.7 Å². The van der Waals surface area contributed by atoms with Gasteiger partial charge in [0.25, 0.3) is 0 Å². The van der Waals surface area contributed by atoms with Gasteiger partial charge in [0.1, 0.15) is 6.10 Å². The van der Waals surface area contributed by atoms with Crippen LogP contribution in [0.3, 0.4) is 0 Å². The summed E-state index contributed by atoms with van der Waals surface area (Å²) in [6, 6.07) is 2.41. The second kappa shape index (κ2) is 5.80. The molecule has 90 valence electrons. The van der Waals surface area contributed by atoms with Gasteiger partial charge in [-0.2, -0.15) is 0 Å². The Morgan fingerprint density at radius 1 is 1.59 bits per heavy atom. The van der Waals surface area contributed by atoms with Gasteiger partial charge in [-0.25, -0.2) is 4.79 Å². The van der Waals surface area contributed by atoms with E-state index in [2.05, 4.69) is 15.0 Å². The fourth-order valence-corrected chi connectivity index (χ4v) is 1.16. The van der Waals surface area contributed by atoms with Crippen molar-refractivity contribution < 1.29 is 20.1 Å². The molecule has 0 fully saturated rings. The van der Waals surface area contributed by atoms with Crippen molar-refractivity contribution in [2.75, 3.05) is 6.54 Å². The van der Waals surface area contributed by atoms with Crippen LogP contribution in [0.2, 0.25) is 0 Å². The Kier molecular flexibility index (Phi) is 4.41. The lowest BCUT2D eigenvalue weighted by molar-refractivity contribution is 0.0217. The summed E-state index contributed by atoms with van der Waals surface area (Å²) in [6.45, 7) is -0.323. The van der Waals surface area contributed by atoms with Crippen LogP contribution in [0.15, 0.2) is 23.4 Å². The van der Waals surface area contributed by atoms with E-state index in [1.54, 1.807) is 0 Å². The molecule has 2 atom stereocenters. The molecule has 0 spiro atoms. The summed E-state index contributed by atoms with van der Waals surface area (Å²) in [4.78, 5) is 16.9. The molecule has 0 aromatic carbocycles. The molecule has 0 bridgehead atoms. The summed E-state index contributed by atoms with van der Waals surface area (Å²) in [5, 5.41) is 30.9. The van der Waals surface area contributed by atoms with Crippen molar-refractivity contribution in [3.05, 3.63) is 40.0 Å². The van der Waals surface area contributed by atoms with Crippen molar-refractivity contribution >= 4 is 5.97 Å². The summed E-state index contributed by atoms with van der Waals surface area (Å²) in [5.74, 6) is -1.16. The van der Waals surface area contributed by atoms with Gasteiger partial charge in [0.15, 0.2) is 0 Å². The molecule has 8 nitrogen and oxygen atoms in total. The molecule has 1 heterocycles. The highest BCUT2D eigenvalue weighted by Crippen LogP contribution is 2.16. The predicted octanol–water partition coefficient (Wildman–Crippen LogP) is 0.484. The highest BCUT2D eigenvalue weighted by Gasteiger charge is 2.19. The molecule has 0 amide bonds. The van der Waals surface area contributed by atoms with Crippen molar-refractivity contribution in [3.63, 3.8) is 0 Å². The van der Waals surface area contributed by atoms with Crippen LogP contribution in [-0.2, 0) is 0 Å². The lowest BCUT2D eigenvalue weighted by Crippen LogP contribution is -2.22. The third-order valence-corrected chi connectivity index (χ3v) is 2.03. The van der Waals surface area contributed by atoms with E-state index < -0.39 is 18.2 Å². The van der Waals surface area contributed by atoms with Crippen molar-refractivity contribution in [3.8, 4) is 0 Å². The number of hydrogen-bond donors (Lipinski definition) is 3. The Bertz CT molecular complexity index is 458. The molecule has 0 aliphatic rings. The summed E-state index contributed by atoms with van der Waals surface area (Å²) >= 11 is 0. The Balaban J connectivity index is 2.87. The zero-order chi connectivity index (χ0) is 12.8. The summed E-state index contributed by atoms with van der Waals surface area (Å²) in [5.41, 5.74) is 8.01. The van der Waals surface area contributed by atoms with Crippen molar-refractivity contribution in [1.82, 2.24) is 4.98 Å². The third kappa shape index (κ3) is 3.42. The summed E-state index contributed by atoms with van der Waals surface area (Å²) in [7, 11) is 0. The fraction of sp³-hybridized carbons (Fsp3) is 0.333. The molecule has 0 radical (unpaired) electrons. The van der Waals surface area contributed by atoms with Crippen molar-refractivity contribution in [2.45, 2.75) is 12.2 Å². The fourth-order valence-electron chi connectivity index (χ4n) is 1.16. The summed E-state index contributed by atoms with van der Waals surface area (Å²) < 4.78 is 0. The molecule has 0 aliphatic carbocycles. The van der Waals surface area contributed by atoms with Crippen LogP contribution in [0.25, 0.3) is 10.4 Å². The standard InChI is InChI=1S/C9H10N4O4/c10-13-12-4-7(14)8(15)6-3-5(9(16)17)1-2-11-6/h1-3,7-8,14-15H,4H2,(H,16,17). The molecule has 1 aromatic rings. The molecular formula is C9H10N4O4. The van der Waals surface area contributed by atoms with E-state index >= 15 is 0 Å². The van der Waals surface area contributed by atoms with Gasteiger partial charge in [0.05, 0.1) is 23.9 Å². The van der Waals surface area contributed by atoms with Crippen LogP contribution in [0.5, 0.6) is 0 Å². The molecule has 0 saturated heterocycles. The number of rotatable bonds is 5. The Morgan fingerprint density at radius 2 is 2.29 bits per heavy atom. The maximum atomic E-state index is 10.7. The second-order valence-electron chi connectivity index (χ2n) is 3.20. The van der Waals surface area contributed by atoms with Gasteiger partial charge < -0.3 is 15.3 Å². The monoisotopic (exact) mass is 238 g/mol. The molecule has 17 heavy (non-hydrogen) atoms. The smallest absolute Gasteiger partial charge is 0.335 e. The quantitative estimate of drug-likeness (QED) is 0.389. The van der Waals surface area contributed by atoms with E-state index in [1.807, 2.05) is 0 Å². The zero-order valence-electron chi connectivity index (χ0n) is 8.63. The summed E-state index contributed by atoms with van der Waals surface area (Å²) in [6.07, 6.45) is -1.52. The van der Waals surface area contributed by atoms with Crippen LogP contribution in [0.1, 0.15) is 22.2 Å². The lowest BCUT2D eigenvalue weighted by Gasteiger charge is -2.15. The number of carbonyl (C=O) groups is 1. The number of carboxylic acids is 1. The molecule has 8 heteroatoms. The maximum Gasteiger partial charge on any atom is 0.335 e. The molecule has 0 aliphatic heterocycles. The van der Waals surface area contributed by atoms with Gasteiger partial charge in [-0.1, -0.05) is 5.11 Å². The number of pyridine rings is 1. The lowest BCUT2D eigenvalue weighted by atomic mass is 10.1. The first-order chi connectivity index (χ1) is 8.06. The largest absolute Gasteiger partial charge is 0.478 e. The Hall–Kier alpha value is -2.15. The van der Waals surface area contributed by atoms with Crippen LogP contribution in [0, 0.1) is 0 Å². The Morgan fingerprint density at radius 3 is 2.88 bits per heavy atom. The van der Waals surface area contributed by atoms with Gasteiger partial charge in [-0.3, -0.25) is 4.98 Å². The van der Waals surface area contributed by atoms with Crippen LogP contribution in [-0.4, -0.2) is 38.9 Å². The zero-order valence-corrected chi connectivity index (χ0v) is 8.63. The van der Waals surface area contributed by atoms with Crippen LogP contribution < -0.4 is 0 Å². The SMILES string of the molecule is [N-]=[N+]=NCC(O)C(O)c1cc(C(=O)O)ccn1. The van der Waals surface area contributed by atoms with Crippen molar-refractivity contribution in [1.29, 1.82) is 0 Å². The van der Waals surface area contributed by atoms with E-state index in [-0.39, 0.29) is 17.8 Å². The molecular weight excluding hydrogens is 228 g/mol. The highest BCUT2D eigenvalue weighted by atomic mass is 16.4. The molecule has 0 saturated carbocycles. The number of carboxylic acid groups (broad SMARTS) is 1. The number of aliphatic hydroxyl groups excluding tert-OH is 2. The minimum Gasteiger partial charge on any atom is -0.478 e. The van der Waals surface area contributed by atoms with E-state index in [4.69, 9.17) is 10.6 Å². The predicted molar refractivity (Wildman–Crippen MR) is 56.2 cm³/mol. The number of aliphatic hydroxyl groups is 2. The number of aromatic nitrogens is 1. The van der Waals surface area contributed by atoms with Gasteiger partial charge in [0.2, 0.25) is 0 Å². The van der Waals surface area contributed by atoms with Gasteiger partial charge in [-0.15, -0.1) is 0 Å². The number of hydrogen-bond acceptors (Lipinski definition) is 5. The number of azide groups is 1. The average molecular weight is 238 g/mol. The minimum absolute atomic E-state index is 0.00513. The van der Waals surface area contributed by atoms with Crippen molar-refractivity contribution in [2.24, 2.45) is 5.11 Å². The molecule has 3 N–H and O–H groups in total.